The lowest BCUT2D eigenvalue weighted by Crippen LogP contribution is -1.96. The van der Waals surface area contributed by atoms with Gasteiger partial charge in [0.05, 0.1) is 15.6 Å². The van der Waals surface area contributed by atoms with Gasteiger partial charge >= 0.3 is 0 Å². The Labute approximate surface area is 134 Å². The number of nitrogens with zero attached hydrogens (tertiary/aromatic N) is 2. The zero-order valence-corrected chi connectivity index (χ0v) is 13.2. The highest BCUT2D eigenvalue weighted by atomic mass is 79.9. The van der Waals surface area contributed by atoms with Crippen molar-refractivity contribution in [2.45, 2.75) is 0 Å². The number of rotatable bonds is 2. The molecule has 0 atom stereocenters. The second kappa shape index (κ2) is 5.56. The van der Waals surface area contributed by atoms with Gasteiger partial charge in [0.15, 0.2) is 0 Å². The molecule has 0 unspecified atom stereocenters. The van der Waals surface area contributed by atoms with Crippen molar-refractivity contribution >= 4 is 61.5 Å². The fourth-order valence-electron chi connectivity index (χ4n) is 1.84. The molecule has 0 saturated heterocycles. The summed E-state index contributed by atoms with van der Waals surface area (Å²) >= 11 is 15.4. The molecule has 1 aromatic heterocycles. The highest BCUT2D eigenvalue weighted by molar-refractivity contribution is 9.10. The lowest BCUT2D eigenvalue weighted by Gasteiger charge is -2.09. The van der Waals surface area contributed by atoms with Crippen LogP contribution in [0, 0.1) is 0 Å². The predicted octanol–water partition coefficient (Wildman–Crippen LogP) is 5.44. The van der Waals surface area contributed by atoms with Crippen LogP contribution in [-0.2, 0) is 0 Å². The zero-order chi connectivity index (χ0) is 14.1. The Hall–Kier alpha value is -1.36. The first-order chi connectivity index (χ1) is 9.63. The SMILES string of the molecule is Clc1ccc(Nc2ncnc3ccc(Br)cc23)cc1Cl. The van der Waals surface area contributed by atoms with Crippen molar-refractivity contribution < 1.29 is 0 Å². The van der Waals surface area contributed by atoms with Crippen LogP contribution in [0.1, 0.15) is 0 Å². The third-order valence-electron chi connectivity index (χ3n) is 2.78. The maximum absolute atomic E-state index is 6.01. The molecule has 3 rings (SSSR count). The summed E-state index contributed by atoms with van der Waals surface area (Å²) in [6, 6.07) is 11.2. The standard InChI is InChI=1S/C14H8BrCl2N3/c15-8-1-4-13-10(5-8)14(19-7-18-13)20-9-2-3-11(16)12(17)6-9/h1-7H,(H,18,19,20). The van der Waals surface area contributed by atoms with Gasteiger partial charge in [-0.15, -0.1) is 0 Å². The lowest BCUT2D eigenvalue weighted by atomic mass is 10.2. The number of benzene rings is 2. The van der Waals surface area contributed by atoms with Crippen molar-refractivity contribution in [3.63, 3.8) is 0 Å². The Morgan fingerprint density at radius 2 is 1.80 bits per heavy atom. The van der Waals surface area contributed by atoms with E-state index >= 15 is 0 Å². The highest BCUT2D eigenvalue weighted by Gasteiger charge is 2.06. The van der Waals surface area contributed by atoms with Crippen molar-refractivity contribution in [2.24, 2.45) is 0 Å². The molecule has 1 N–H and O–H groups in total. The van der Waals surface area contributed by atoms with E-state index in [0.717, 1.165) is 26.9 Å². The first kappa shape index (κ1) is 13.6. The summed E-state index contributed by atoms with van der Waals surface area (Å²) in [5, 5.41) is 5.17. The van der Waals surface area contributed by atoms with Crippen LogP contribution in [-0.4, -0.2) is 9.97 Å². The molecule has 3 nitrogen and oxygen atoms in total. The van der Waals surface area contributed by atoms with E-state index in [4.69, 9.17) is 23.2 Å². The molecule has 0 aliphatic rings. The summed E-state index contributed by atoms with van der Waals surface area (Å²) in [6.07, 6.45) is 1.52. The van der Waals surface area contributed by atoms with E-state index in [-0.39, 0.29) is 0 Å². The monoisotopic (exact) mass is 367 g/mol. The molecule has 3 aromatic rings. The average molecular weight is 369 g/mol. The van der Waals surface area contributed by atoms with Crippen LogP contribution in [0.5, 0.6) is 0 Å². The number of fused-ring (bicyclic) bond motifs is 1. The van der Waals surface area contributed by atoms with Crippen molar-refractivity contribution in [3.05, 3.63) is 57.2 Å². The Morgan fingerprint density at radius 1 is 0.950 bits per heavy atom. The molecule has 0 saturated carbocycles. The van der Waals surface area contributed by atoms with Crippen LogP contribution in [0.2, 0.25) is 10.0 Å². The van der Waals surface area contributed by atoms with E-state index in [9.17, 15) is 0 Å². The van der Waals surface area contributed by atoms with Crippen LogP contribution in [0.15, 0.2) is 47.2 Å². The molecule has 100 valence electrons. The molecule has 0 fully saturated rings. The largest absolute Gasteiger partial charge is 0.340 e. The number of halogens is 3. The van der Waals surface area contributed by atoms with Crippen molar-refractivity contribution in [1.82, 2.24) is 9.97 Å². The Bertz CT molecular complexity index is 792. The molecule has 0 aliphatic heterocycles. The van der Waals surface area contributed by atoms with E-state index in [1.165, 1.54) is 6.33 Å². The van der Waals surface area contributed by atoms with Gasteiger partial charge in [0.2, 0.25) is 0 Å². The normalized spacial score (nSPS) is 10.8. The fourth-order valence-corrected chi connectivity index (χ4v) is 2.50. The van der Waals surface area contributed by atoms with Crippen LogP contribution in [0.25, 0.3) is 10.9 Å². The second-order valence-corrected chi connectivity index (χ2v) is 5.87. The predicted molar refractivity (Wildman–Crippen MR) is 87.0 cm³/mol. The van der Waals surface area contributed by atoms with Gasteiger partial charge in [0, 0.05) is 15.5 Å². The molecule has 0 aliphatic carbocycles. The summed E-state index contributed by atoms with van der Waals surface area (Å²) in [5.41, 5.74) is 1.69. The molecule has 20 heavy (non-hydrogen) atoms. The summed E-state index contributed by atoms with van der Waals surface area (Å²) in [6.45, 7) is 0. The minimum absolute atomic E-state index is 0.496. The van der Waals surface area contributed by atoms with Crippen LogP contribution in [0.3, 0.4) is 0 Å². The number of aromatic nitrogens is 2. The molecule has 0 spiro atoms. The highest BCUT2D eigenvalue weighted by Crippen LogP contribution is 2.29. The first-order valence-corrected chi connectivity index (χ1v) is 7.31. The molecule has 0 bridgehead atoms. The quantitative estimate of drug-likeness (QED) is 0.654. The maximum atomic E-state index is 6.01. The third-order valence-corrected chi connectivity index (χ3v) is 4.01. The van der Waals surface area contributed by atoms with Gasteiger partial charge in [-0.3, -0.25) is 0 Å². The molecular formula is C14H8BrCl2N3. The van der Waals surface area contributed by atoms with Gasteiger partial charge in [0.1, 0.15) is 12.1 Å². The Morgan fingerprint density at radius 3 is 2.60 bits per heavy atom. The van der Waals surface area contributed by atoms with Crippen LogP contribution in [0.4, 0.5) is 11.5 Å². The zero-order valence-electron chi connectivity index (χ0n) is 10.1. The van der Waals surface area contributed by atoms with Crippen LogP contribution < -0.4 is 5.32 Å². The maximum Gasteiger partial charge on any atom is 0.141 e. The molecule has 2 aromatic carbocycles. The van der Waals surface area contributed by atoms with Gasteiger partial charge in [-0.1, -0.05) is 39.1 Å². The van der Waals surface area contributed by atoms with Gasteiger partial charge < -0.3 is 5.32 Å². The van der Waals surface area contributed by atoms with Gasteiger partial charge in [0.25, 0.3) is 0 Å². The van der Waals surface area contributed by atoms with E-state index in [1.807, 2.05) is 24.3 Å². The minimum Gasteiger partial charge on any atom is -0.340 e. The van der Waals surface area contributed by atoms with Gasteiger partial charge in [-0.25, -0.2) is 9.97 Å². The van der Waals surface area contributed by atoms with Crippen molar-refractivity contribution in [1.29, 1.82) is 0 Å². The average Bonchev–Trinajstić information content (AvgIpc) is 2.44. The van der Waals surface area contributed by atoms with E-state index in [0.29, 0.717) is 10.0 Å². The number of hydrogen-bond donors (Lipinski definition) is 1. The summed E-state index contributed by atoms with van der Waals surface area (Å²) in [5.74, 6) is 0.717. The third kappa shape index (κ3) is 2.73. The molecule has 6 heteroatoms. The summed E-state index contributed by atoms with van der Waals surface area (Å²) < 4.78 is 0.969. The molecular weight excluding hydrogens is 361 g/mol. The smallest absolute Gasteiger partial charge is 0.141 e. The fraction of sp³-hybridized carbons (Fsp3) is 0. The topological polar surface area (TPSA) is 37.8 Å². The number of hydrogen-bond acceptors (Lipinski definition) is 3. The molecule has 0 amide bonds. The van der Waals surface area contributed by atoms with E-state index < -0.39 is 0 Å². The second-order valence-electron chi connectivity index (χ2n) is 4.14. The lowest BCUT2D eigenvalue weighted by molar-refractivity contribution is 1.22. The number of nitrogens with one attached hydrogen (secondary N) is 1. The van der Waals surface area contributed by atoms with Crippen LogP contribution >= 0.6 is 39.1 Å². The molecule has 1 heterocycles. The van der Waals surface area contributed by atoms with Crippen molar-refractivity contribution in [3.8, 4) is 0 Å². The summed E-state index contributed by atoms with van der Waals surface area (Å²) in [4.78, 5) is 8.51. The van der Waals surface area contributed by atoms with Gasteiger partial charge in [-0.2, -0.15) is 0 Å². The Balaban J connectivity index is 2.05. The minimum atomic E-state index is 0.496. The molecule has 0 radical (unpaired) electrons. The van der Waals surface area contributed by atoms with E-state index in [1.54, 1.807) is 12.1 Å². The summed E-state index contributed by atoms with van der Waals surface area (Å²) in [7, 11) is 0. The van der Waals surface area contributed by atoms with Gasteiger partial charge in [-0.05, 0) is 36.4 Å². The number of anilines is 2. The first-order valence-electron chi connectivity index (χ1n) is 5.76. The van der Waals surface area contributed by atoms with Crippen molar-refractivity contribution in [2.75, 3.05) is 5.32 Å². The van der Waals surface area contributed by atoms with E-state index in [2.05, 4.69) is 31.2 Å². The Kier molecular flexibility index (Phi) is 3.78.